The van der Waals surface area contributed by atoms with Gasteiger partial charge in [0.1, 0.15) is 17.8 Å². The van der Waals surface area contributed by atoms with Gasteiger partial charge in [0.25, 0.3) is 0 Å². The Labute approximate surface area is 199 Å². The number of halogens is 1. The van der Waals surface area contributed by atoms with Gasteiger partial charge in [-0.05, 0) is 33.5 Å². The topological polar surface area (TPSA) is 143 Å². The predicted octanol–water partition coefficient (Wildman–Crippen LogP) is 1.90. The summed E-state index contributed by atoms with van der Waals surface area (Å²) in [5, 5.41) is 22.1. The molecule has 35 heavy (non-hydrogen) atoms. The van der Waals surface area contributed by atoms with E-state index < -0.39 is 17.4 Å². The molecule has 0 aliphatic heterocycles. The Bertz CT molecular complexity index is 1430. The number of H-pyrrole nitrogens is 1. The molecule has 0 amide bonds. The van der Waals surface area contributed by atoms with E-state index in [9.17, 15) is 10.0 Å². The maximum atomic E-state index is 15.5. The molecule has 180 valence electrons. The lowest BCUT2D eigenvalue weighted by Crippen LogP contribution is -2.38. The molecule has 4 aromatic rings. The van der Waals surface area contributed by atoms with Gasteiger partial charge in [0.05, 0.1) is 20.1 Å². The molecule has 0 radical (unpaired) electrons. The fourth-order valence-electron chi connectivity index (χ4n) is 3.77. The third-order valence-corrected chi connectivity index (χ3v) is 5.58. The number of aromatic amines is 1. The van der Waals surface area contributed by atoms with Crippen LogP contribution in [0.15, 0.2) is 65.6 Å². The minimum atomic E-state index is -0.757. The lowest BCUT2D eigenvalue weighted by Gasteiger charge is -2.18. The monoisotopic (exact) mass is 479 g/mol. The summed E-state index contributed by atoms with van der Waals surface area (Å²) < 4.78 is 27.8. The van der Waals surface area contributed by atoms with Crippen molar-refractivity contribution in [2.24, 2.45) is 5.73 Å². The number of pyridine rings is 1. The van der Waals surface area contributed by atoms with E-state index in [0.29, 0.717) is 11.3 Å². The zero-order valence-electron chi connectivity index (χ0n) is 19.0. The molecule has 0 fully saturated rings. The fraction of sp³-hybridized carbons (Fsp3) is 0.167. The van der Waals surface area contributed by atoms with Crippen LogP contribution < -0.4 is 25.6 Å². The largest absolute Gasteiger partial charge is 0.497 e. The number of hydrogen-bond acceptors (Lipinski definition) is 6. The maximum Gasteiger partial charge on any atom is 0.440 e. The fourth-order valence-corrected chi connectivity index (χ4v) is 3.77. The molecule has 10 nitrogen and oxygen atoms in total. The van der Waals surface area contributed by atoms with Crippen LogP contribution in [-0.2, 0) is 6.42 Å². The highest BCUT2D eigenvalue weighted by molar-refractivity contribution is 5.94. The Morgan fingerprint density at radius 3 is 2.60 bits per heavy atom. The number of amidine groups is 1. The van der Waals surface area contributed by atoms with Crippen molar-refractivity contribution in [2.45, 2.75) is 12.3 Å². The van der Waals surface area contributed by atoms with E-state index in [4.69, 9.17) is 20.6 Å². The predicted molar refractivity (Wildman–Crippen MR) is 124 cm³/mol. The van der Waals surface area contributed by atoms with E-state index in [1.54, 1.807) is 36.4 Å². The summed E-state index contributed by atoms with van der Waals surface area (Å²) in [5.74, 6) is -0.822. The number of rotatable bonds is 8. The van der Waals surface area contributed by atoms with Crippen LogP contribution in [0.1, 0.15) is 28.4 Å². The summed E-state index contributed by atoms with van der Waals surface area (Å²) in [7, 11) is 2.81. The van der Waals surface area contributed by atoms with E-state index in [1.807, 2.05) is 0 Å². The summed E-state index contributed by atoms with van der Waals surface area (Å²) in [6, 6.07) is 14.6. The summed E-state index contributed by atoms with van der Waals surface area (Å²) in [6.07, 6.45) is 1.60. The molecule has 11 heteroatoms. The highest BCUT2D eigenvalue weighted by Gasteiger charge is 2.29. The van der Waals surface area contributed by atoms with Gasteiger partial charge in [-0.3, -0.25) is 10.4 Å². The van der Waals surface area contributed by atoms with Crippen LogP contribution in [0.4, 0.5) is 4.39 Å². The maximum absolute atomic E-state index is 15.5. The zero-order valence-corrected chi connectivity index (χ0v) is 19.0. The number of hydrogen-bond donors (Lipinski definition) is 4. The zero-order chi connectivity index (χ0) is 25.1. The second kappa shape index (κ2) is 9.67. The van der Waals surface area contributed by atoms with Gasteiger partial charge in [-0.25, -0.2) is 9.18 Å². The first kappa shape index (κ1) is 23.5. The van der Waals surface area contributed by atoms with Gasteiger partial charge in [0.2, 0.25) is 0 Å². The number of aromatic nitrogens is 4. The molecule has 0 bridgehead atoms. The molecule has 0 spiro atoms. The number of methoxy groups -OCH3 is 2. The van der Waals surface area contributed by atoms with E-state index in [1.165, 1.54) is 38.6 Å². The van der Waals surface area contributed by atoms with Gasteiger partial charge in [-0.2, -0.15) is 0 Å². The molecule has 0 aliphatic rings. The summed E-state index contributed by atoms with van der Waals surface area (Å²) >= 11 is 0. The Hall–Kier alpha value is -4.67. The number of benzene rings is 2. The third kappa shape index (κ3) is 4.69. The molecule has 1 atom stereocenters. The van der Waals surface area contributed by atoms with Gasteiger partial charge < -0.3 is 20.4 Å². The first-order chi connectivity index (χ1) is 16.8. The average molecular weight is 479 g/mol. The van der Waals surface area contributed by atoms with Gasteiger partial charge in [0.15, 0.2) is 17.4 Å². The lowest BCUT2D eigenvalue weighted by molar-refractivity contribution is -0.899. The van der Waals surface area contributed by atoms with E-state index in [-0.39, 0.29) is 35.2 Å². The van der Waals surface area contributed by atoms with Crippen LogP contribution >= 0.6 is 0 Å². The first-order valence-corrected chi connectivity index (χ1v) is 10.6. The van der Waals surface area contributed by atoms with Crippen molar-refractivity contribution in [3.63, 3.8) is 0 Å². The molecule has 5 N–H and O–H groups in total. The highest BCUT2D eigenvalue weighted by Crippen LogP contribution is 2.35. The molecule has 2 heterocycles. The van der Waals surface area contributed by atoms with Gasteiger partial charge in [-0.15, -0.1) is 0 Å². The highest BCUT2D eigenvalue weighted by atomic mass is 19.1. The first-order valence-electron chi connectivity index (χ1n) is 10.6. The smallest absolute Gasteiger partial charge is 0.440 e. The average Bonchev–Trinajstić information content (AvgIpc) is 3.24. The standard InChI is InChI=1S/C24H23FN6O4/c1-34-16-12-17(21(25)19(13-16)35-2)18(11-14-6-8-15(9-7-14)22(26)27)23-28-24(32)31(29-23)20-5-3-4-10-30(20)33/h3-10,12-13,18H,11H2,1-2H3,(H4-,26,27,28,29,32,33)/p+1. The molecule has 0 saturated heterocycles. The number of nitrogens with one attached hydrogen (secondary N) is 2. The molecule has 2 aromatic carbocycles. The van der Waals surface area contributed by atoms with E-state index in [0.717, 1.165) is 15.0 Å². The Kier molecular flexibility index (Phi) is 6.49. The minimum Gasteiger partial charge on any atom is -0.497 e. The van der Waals surface area contributed by atoms with Crippen molar-refractivity contribution in [3.8, 4) is 17.3 Å². The molecule has 0 aliphatic carbocycles. The molecular formula is C24H24FN6O4+. The molecule has 4 rings (SSSR count). The van der Waals surface area contributed by atoms with Crippen molar-refractivity contribution in [2.75, 3.05) is 14.2 Å². The number of nitrogens with two attached hydrogens (primary N) is 1. The van der Waals surface area contributed by atoms with Crippen molar-refractivity contribution < 1.29 is 23.8 Å². The lowest BCUT2D eigenvalue weighted by atomic mass is 9.90. The molecule has 2 aromatic heterocycles. The van der Waals surface area contributed by atoms with Gasteiger partial charge in [0, 0.05) is 23.3 Å². The van der Waals surface area contributed by atoms with Gasteiger partial charge >= 0.3 is 11.5 Å². The Balaban J connectivity index is 1.86. The summed E-state index contributed by atoms with van der Waals surface area (Å²) in [6.45, 7) is 0. The van der Waals surface area contributed by atoms with Crippen LogP contribution in [0.25, 0.3) is 5.82 Å². The third-order valence-electron chi connectivity index (χ3n) is 5.58. The summed E-state index contributed by atoms with van der Waals surface area (Å²) in [4.78, 5) is 15.5. The Morgan fingerprint density at radius 1 is 1.23 bits per heavy atom. The van der Waals surface area contributed by atoms with Crippen molar-refractivity contribution in [1.82, 2.24) is 14.8 Å². The van der Waals surface area contributed by atoms with E-state index >= 15 is 4.39 Å². The van der Waals surface area contributed by atoms with Crippen LogP contribution in [0, 0.1) is 11.2 Å². The van der Waals surface area contributed by atoms with Crippen LogP contribution in [0.2, 0.25) is 0 Å². The SMILES string of the molecule is COc1cc(OC)c(F)c(C(Cc2ccc(C(=N)N)cc2)c2nn(-c3cccc[n+]3O)c(=O)[nH]2)c1. The van der Waals surface area contributed by atoms with Gasteiger partial charge in [-0.1, -0.05) is 35.4 Å². The van der Waals surface area contributed by atoms with Crippen molar-refractivity contribution in [1.29, 1.82) is 5.41 Å². The Morgan fingerprint density at radius 2 is 1.97 bits per heavy atom. The number of nitrogen functional groups attached to an aromatic ring is 1. The van der Waals surface area contributed by atoms with Crippen LogP contribution in [0.3, 0.4) is 0 Å². The second-order valence-corrected chi connectivity index (χ2v) is 7.73. The normalized spacial score (nSPS) is 11.7. The molecule has 1 unspecified atom stereocenters. The molecular weight excluding hydrogens is 455 g/mol. The quantitative estimate of drug-likeness (QED) is 0.132. The molecule has 0 saturated carbocycles. The van der Waals surface area contributed by atoms with E-state index in [2.05, 4.69) is 10.1 Å². The second-order valence-electron chi connectivity index (χ2n) is 7.73. The van der Waals surface area contributed by atoms with Crippen molar-refractivity contribution >= 4 is 5.84 Å². The van der Waals surface area contributed by atoms with Crippen LogP contribution in [0.5, 0.6) is 11.5 Å². The minimum absolute atomic E-state index is 0.0192. The summed E-state index contributed by atoms with van der Waals surface area (Å²) in [5.41, 5.74) is 6.47. The van der Waals surface area contributed by atoms with Crippen molar-refractivity contribution in [3.05, 3.63) is 99.6 Å². The number of ether oxygens (including phenoxy) is 2. The van der Waals surface area contributed by atoms with Crippen LogP contribution in [-0.4, -0.2) is 40.0 Å². The number of nitrogens with zero attached hydrogens (tertiary/aromatic N) is 3.